The average Bonchev–Trinajstić information content (AvgIpc) is 2.95. The van der Waals surface area contributed by atoms with E-state index >= 15 is 0 Å². The predicted molar refractivity (Wildman–Crippen MR) is 74.7 cm³/mol. The van der Waals surface area contributed by atoms with Crippen LogP contribution in [0.1, 0.15) is 31.4 Å². The van der Waals surface area contributed by atoms with Crippen LogP contribution in [-0.4, -0.2) is 16.5 Å². The number of fused-ring (bicyclic) bond motifs is 2. The minimum atomic E-state index is -0.113. The number of halogens is 1. The summed E-state index contributed by atoms with van der Waals surface area (Å²) in [4.78, 5) is 18.7. The molecule has 0 aliphatic heterocycles. The molecule has 2 bridgehead atoms. The van der Waals surface area contributed by atoms with Crippen LogP contribution in [0.2, 0.25) is 0 Å². The smallest absolute Gasteiger partial charge is 0.266 e. The van der Waals surface area contributed by atoms with E-state index in [1.807, 2.05) is 6.92 Å². The fourth-order valence-electron chi connectivity index (χ4n) is 3.51. The molecule has 2 N–H and O–H groups in total. The van der Waals surface area contributed by atoms with Crippen molar-refractivity contribution in [2.45, 2.75) is 32.6 Å². The second kappa shape index (κ2) is 4.68. The molecule has 3 atom stereocenters. The van der Waals surface area contributed by atoms with Crippen LogP contribution in [0.4, 0.5) is 5.95 Å². The highest BCUT2D eigenvalue weighted by Gasteiger charge is 2.39. The highest BCUT2D eigenvalue weighted by Crippen LogP contribution is 2.48. The lowest BCUT2D eigenvalue weighted by Gasteiger charge is -2.21. The molecular weight excluding hydrogens is 294 g/mol. The van der Waals surface area contributed by atoms with Crippen molar-refractivity contribution in [3.05, 3.63) is 20.5 Å². The summed E-state index contributed by atoms with van der Waals surface area (Å²) in [7, 11) is 0. The van der Waals surface area contributed by atoms with Crippen LogP contribution >= 0.6 is 15.9 Å². The van der Waals surface area contributed by atoms with Crippen LogP contribution < -0.4 is 10.9 Å². The molecule has 98 valence electrons. The molecule has 2 saturated carbocycles. The minimum absolute atomic E-state index is 0.113. The van der Waals surface area contributed by atoms with Crippen LogP contribution in [0.5, 0.6) is 0 Å². The summed E-state index contributed by atoms with van der Waals surface area (Å²) >= 11 is 3.22. The molecule has 0 saturated heterocycles. The Balaban J connectivity index is 1.65. The van der Waals surface area contributed by atoms with E-state index in [1.165, 1.54) is 25.7 Å². The van der Waals surface area contributed by atoms with Crippen molar-refractivity contribution >= 4 is 21.9 Å². The lowest BCUT2D eigenvalue weighted by molar-refractivity contribution is 0.348. The number of nitrogens with zero attached hydrogens (tertiary/aromatic N) is 1. The first-order valence-electron chi connectivity index (χ1n) is 6.63. The number of rotatable bonds is 3. The Hall–Kier alpha value is -0.840. The van der Waals surface area contributed by atoms with Gasteiger partial charge in [-0.25, -0.2) is 4.98 Å². The van der Waals surface area contributed by atoms with E-state index in [2.05, 4.69) is 31.2 Å². The molecule has 1 aromatic heterocycles. The highest BCUT2D eigenvalue weighted by molar-refractivity contribution is 9.10. The van der Waals surface area contributed by atoms with Gasteiger partial charge in [0, 0.05) is 6.54 Å². The molecule has 0 spiro atoms. The summed E-state index contributed by atoms with van der Waals surface area (Å²) in [6.07, 6.45) is 5.57. The van der Waals surface area contributed by atoms with Gasteiger partial charge in [0.2, 0.25) is 5.95 Å². The van der Waals surface area contributed by atoms with Crippen molar-refractivity contribution in [3.8, 4) is 0 Å². The summed E-state index contributed by atoms with van der Waals surface area (Å²) in [5, 5.41) is 3.29. The number of nitrogens with one attached hydrogen (secondary N) is 2. The van der Waals surface area contributed by atoms with Gasteiger partial charge in [0.05, 0.1) is 5.69 Å². The zero-order chi connectivity index (χ0) is 12.7. The summed E-state index contributed by atoms with van der Waals surface area (Å²) in [5.41, 5.74) is 0.618. The van der Waals surface area contributed by atoms with E-state index in [-0.39, 0.29) is 5.56 Å². The maximum absolute atomic E-state index is 11.6. The molecule has 1 heterocycles. The number of aryl methyl sites for hydroxylation is 1. The molecule has 2 fully saturated rings. The van der Waals surface area contributed by atoms with E-state index in [0.717, 1.165) is 30.0 Å². The lowest BCUT2D eigenvalue weighted by atomic mass is 9.89. The van der Waals surface area contributed by atoms with Gasteiger partial charge in [-0.2, -0.15) is 0 Å². The second-order valence-corrected chi connectivity index (χ2v) is 6.42. The van der Waals surface area contributed by atoms with E-state index in [9.17, 15) is 4.79 Å². The van der Waals surface area contributed by atoms with Crippen LogP contribution in [0, 0.1) is 24.7 Å². The van der Waals surface area contributed by atoms with Crippen LogP contribution in [0.3, 0.4) is 0 Å². The monoisotopic (exact) mass is 311 g/mol. The van der Waals surface area contributed by atoms with Crippen molar-refractivity contribution in [2.75, 3.05) is 11.9 Å². The minimum Gasteiger partial charge on any atom is -0.355 e. The molecular formula is C13H18BrN3O. The van der Waals surface area contributed by atoms with E-state index in [4.69, 9.17) is 0 Å². The maximum Gasteiger partial charge on any atom is 0.266 e. The number of hydrogen-bond donors (Lipinski definition) is 2. The maximum atomic E-state index is 11.6. The third kappa shape index (κ3) is 2.20. The standard InChI is InChI=1S/C13H18BrN3O/c1-7-11(14)12(18)17-13(16-7)15-6-10-5-8-2-3-9(10)4-8/h8-10H,2-6H2,1H3,(H2,15,16,17,18)/t8-,9+,10+/m0/s1. The molecule has 0 aromatic carbocycles. The average molecular weight is 312 g/mol. The normalized spacial score (nSPS) is 29.8. The van der Waals surface area contributed by atoms with E-state index < -0.39 is 0 Å². The third-order valence-electron chi connectivity index (χ3n) is 4.44. The zero-order valence-corrected chi connectivity index (χ0v) is 12.1. The molecule has 18 heavy (non-hydrogen) atoms. The Bertz CT molecular complexity index is 513. The number of aromatic amines is 1. The largest absolute Gasteiger partial charge is 0.355 e. The number of aromatic nitrogens is 2. The van der Waals surface area contributed by atoms with Crippen LogP contribution in [0.15, 0.2) is 9.27 Å². The number of hydrogen-bond acceptors (Lipinski definition) is 3. The van der Waals surface area contributed by atoms with Crippen molar-refractivity contribution in [3.63, 3.8) is 0 Å². The number of H-pyrrole nitrogens is 1. The van der Waals surface area contributed by atoms with Gasteiger partial charge in [0.25, 0.3) is 5.56 Å². The molecule has 0 amide bonds. The first-order valence-corrected chi connectivity index (χ1v) is 7.43. The van der Waals surface area contributed by atoms with Crippen molar-refractivity contribution in [1.29, 1.82) is 0 Å². The molecule has 2 aliphatic rings. The topological polar surface area (TPSA) is 57.8 Å². The van der Waals surface area contributed by atoms with Gasteiger partial charge < -0.3 is 5.32 Å². The fraction of sp³-hybridized carbons (Fsp3) is 0.692. The van der Waals surface area contributed by atoms with Gasteiger partial charge in [0.1, 0.15) is 4.47 Å². The van der Waals surface area contributed by atoms with Crippen molar-refractivity contribution in [1.82, 2.24) is 9.97 Å². The summed E-state index contributed by atoms with van der Waals surface area (Å²) in [6.45, 7) is 2.77. The van der Waals surface area contributed by atoms with Gasteiger partial charge >= 0.3 is 0 Å². The van der Waals surface area contributed by atoms with Gasteiger partial charge in [-0.1, -0.05) is 6.42 Å². The molecule has 0 radical (unpaired) electrons. The molecule has 2 aliphatic carbocycles. The lowest BCUT2D eigenvalue weighted by Crippen LogP contribution is -2.23. The van der Waals surface area contributed by atoms with Crippen molar-refractivity contribution < 1.29 is 0 Å². The fourth-order valence-corrected chi connectivity index (χ4v) is 3.70. The Labute approximate surface area is 115 Å². The Morgan fingerprint density at radius 2 is 2.28 bits per heavy atom. The van der Waals surface area contributed by atoms with Crippen molar-refractivity contribution in [2.24, 2.45) is 17.8 Å². The third-order valence-corrected chi connectivity index (χ3v) is 5.38. The summed E-state index contributed by atoms with van der Waals surface area (Å²) < 4.78 is 0.521. The van der Waals surface area contributed by atoms with Gasteiger partial charge in [-0.3, -0.25) is 9.78 Å². The Morgan fingerprint density at radius 1 is 1.44 bits per heavy atom. The van der Waals surface area contributed by atoms with E-state index in [0.29, 0.717) is 10.4 Å². The number of anilines is 1. The first-order chi connectivity index (χ1) is 8.63. The van der Waals surface area contributed by atoms with E-state index in [1.54, 1.807) is 0 Å². The highest BCUT2D eigenvalue weighted by atomic mass is 79.9. The van der Waals surface area contributed by atoms with Gasteiger partial charge in [-0.15, -0.1) is 0 Å². The molecule has 5 heteroatoms. The zero-order valence-electron chi connectivity index (χ0n) is 10.5. The SMILES string of the molecule is Cc1nc(NC[C@H]2C[C@H]3CC[C@@H]2C3)[nH]c(=O)c1Br. The first kappa shape index (κ1) is 12.2. The van der Waals surface area contributed by atoms with Gasteiger partial charge in [0.15, 0.2) is 0 Å². The predicted octanol–water partition coefficient (Wildman–Crippen LogP) is 2.69. The van der Waals surface area contributed by atoms with Crippen LogP contribution in [0.25, 0.3) is 0 Å². The quantitative estimate of drug-likeness (QED) is 0.902. The Kier molecular flexibility index (Phi) is 3.18. The Morgan fingerprint density at radius 3 is 2.89 bits per heavy atom. The molecule has 1 aromatic rings. The molecule has 4 nitrogen and oxygen atoms in total. The molecule has 0 unspecified atom stereocenters. The summed E-state index contributed by atoms with van der Waals surface area (Å²) in [6, 6.07) is 0. The molecule has 3 rings (SSSR count). The van der Waals surface area contributed by atoms with Crippen LogP contribution in [-0.2, 0) is 0 Å². The van der Waals surface area contributed by atoms with Gasteiger partial charge in [-0.05, 0) is 59.9 Å². The second-order valence-electron chi connectivity index (χ2n) is 5.63. The summed E-state index contributed by atoms with van der Waals surface area (Å²) in [5.74, 6) is 3.22.